The first kappa shape index (κ1) is 15.5. The van der Waals surface area contributed by atoms with E-state index in [4.69, 9.17) is 9.47 Å². The molecule has 0 saturated heterocycles. The van der Waals surface area contributed by atoms with Crippen LogP contribution in [0, 0.1) is 0 Å². The fourth-order valence-electron chi connectivity index (χ4n) is 1.37. The van der Waals surface area contributed by atoms with Crippen LogP contribution in [0.25, 0.3) is 6.08 Å². The summed E-state index contributed by atoms with van der Waals surface area (Å²) in [4.78, 5) is 0. The Balaban J connectivity index is 2.23. The maximum atomic E-state index is 9.69. The molecule has 104 valence electrons. The van der Waals surface area contributed by atoms with E-state index in [9.17, 15) is 5.11 Å². The number of rotatable bonds is 8. The summed E-state index contributed by atoms with van der Waals surface area (Å²) in [5.41, 5.74) is 2.24. The molecule has 0 fully saturated rings. The molecule has 0 saturated carbocycles. The molecule has 0 bridgehead atoms. The second-order valence-electron chi connectivity index (χ2n) is 4.56. The first-order valence-electron chi connectivity index (χ1n) is 6.36. The zero-order chi connectivity index (χ0) is 14.1. The van der Waals surface area contributed by atoms with Crippen molar-refractivity contribution < 1.29 is 14.6 Å². The van der Waals surface area contributed by atoms with Gasteiger partial charge < -0.3 is 14.6 Å². The van der Waals surface area contributed by atoms with Gasteiger partial charge in [-0.05, 0) is 31.5 Å². The summed E-state index contributed by atoms with van der Waals surface area (Å²) in [5.74, 6) is 0.731. The highest BCUT2D eigenvalue weighted by molar-refractivity contribution is 5.48. The van der Waals surface area contributed by atoms with Crippen molar-refractivity contribution in [3.8, 4) is 5.75 Å². The Bertz CT molecular complexity index is 403. The number of benzene rings is 1. The molecule has 19 heavy (non-hydrogen) atoms. The molecular weight excluding hydrogens is 240 g/mol. The van der Waals surface area contributed by atoms with E-state index in [0.717, 1.165) is 11.3 Å². The number of aliphatic hydroxyl groups is 1. The molecule has 1 atom stereocenters. The summed E-state index contributed by atoms with van der Waals surface area (Å²) in [6, 6.07) is 7.54. The molecule has 1 rings (SSSR count). The molecule has 0 spiro atoms. The number of ether oxygens (including phenoxy) is 2. The normalized spacial score (nSPS) is 11.7. The predicted molar refractivity (Wildman–Crippen MR) is 78.3 cm³/mol. The van der Waals surface area contributed by atoms with Gasteiger partial charge in [-0.3, -0.25) is 0 Å². The quantitative estimate of drug-likeness (QED) is 0.578. The Morgan fingerprint density at radius 2 is 1.95 bits per heavy atom. The van der Waals surface area contributed by atoms with Gasteiger partial charge in [0.2, 0.25) is 0 Å². The van der Waals surface area contributed by atoms with E-state index < -0.39 is 6.10 Å². The summed E-state index contributed by atoms with van der Waals surface area (Å²) in [7, 11) is 0. The number of hydrogen-bond donors (Lipinski definition) is 1. The minimum atomic E-state index is -0.621. The molecule has 1 unspecified atom stereocenters. The van der Waals surface area contributed by atoms with E-state index >= 15 is 0 Å². The highest BCUT2D eigenvalue weighted by atomic mass is 16.5. The average molecular weight is 262 g/mol. The first-order valence-corrected chi connectivity index (χ1v) is 6.36. The largest absolute Gasteiger partial charge is 0.491 e. The molecular formula is C16H22O3. The number of aliphatic hydroxyl groups excluding tert-OH is 1. The van der Waals surface area contributed by atoms with Crippen LogP contribution in [-0.2, 0) is 4.74 Å². The maximum Gasteiger partial charge on any atom is 0.119 e. The third kappa shape index (κ3) is 6.79. The van der Waals surface area contributed by atoms with Crippen LogP contribution in [0.5, 0.6) is 5.75 Å². The highest BCUT2D eigenvalue weighted by Gasteiger charge is 2.05. The van der Waals surface area contributed by atoms with Crippen LogP contribution in [0.3, 0.4) is 0 Å². The summed E-state index contributed by atoms with van der Waals surface area (Å²) in [5, 5.41) is 9.69. The highest BCUT2D eigenvalue weighted by Crippen LogP contribution is 2.13. The lowest BCUT2D eigenvalue weighted by atomic mass is 10.2. The summed E-state index contributed by atoms with van der Waals surface area (Å²) in [6.45, 7) is 8.72. The van der Waals surface area contributed by atoms with Crippen molar-refractivity contribution in [2.75, 3.05) is 19.8 Å². The van der Waals surface area contributed by atoms with Crippen LogP contribution < -0.4 is 4.74 Å². The van der Waals surface area contributed by atoms with Gasteiger partial charge in [-0.15, -0.1) is 0 Å². The van der Waals surface area contributed by atoms with Gasteiger partial charge in [0.25, 0.3) is 0 Å². The summed E-state index contributed by atoms with van der Waals surface area (Å²) >= 11 is 0. The monoisotopic (exact) mass is 262 g/mol. The van der Waals surface area contributed by atoms with Crippen LogP contribution in [0.1, 0.15) is 19.4 Å². The number of hydrogen-bond acceptors (Lipinski definition) is 3. The molecule has 1 N–H and O–H groups in total. The van der Waals surface area contributed by atoms with E-state index in [-0.39, 0.29) is 13.2 Å². The van der Waals surface area contributed by atoms with Crippen LogP contribution in [0.4, 0.5) is 0 Å². The van der Waals surface area contributed by atoms with Crippen molar-refractivity contribution >= 4 is 6.08 Å². The second kappa shape index (κ2) is 8.51. The third-order valence-corrected chi connectivity index (χ3v) is 2.48. The van der Waals surface area contributed by atoms with E-state index in [0.29, 0.717) is 6.61 Å². The van der Waals surface area contributed by atoms with Gasteiger partial charge in [0.05, 0.1) is 13.2 Å². The Morgan fingerprint density at radius 3 is 2.53 bits per heavy atom. The van der Waals surface area contributed by atoms with Gasteiger partial charge in [0.15, 0.2) is 0 Å². The average Bonchev–Trinajstić information content (AvgIpc) is 2.41. The van der Waals surface area contributed by atoms with Crippen molar-refractivity contribution in [2.24, 2.45) is 0 Å². The molecule has 0 aromatic heterocycles. The molecule has 3 heteroatoms. The van der Waals surface area contributed by atoms with Gasteiger partial charge in [-0.1, -0.05) is 36.4 Å². The Labute approximate surface area is 115 Å². The standard InChI is InChI=1S/C16H22O3/c1-4-14-5-7-16(8-6-14)19-12-15(17)11-18-10-9-13(2)3/h4-9,15,17H,1,10-12H2,2-3H3. The van der Waals surface area contributed by atoms with Crippen molar-refractivity contribution in [3.63, 3.8) is 0 Å². The SMILES string of the molecule is C=Cc1ccc(OCC(O)COCC=C(C)C)cc1. The molecule has 0 radical (unpaired) electrons. The van der Waals surface area contributed by atoms with Gasteiger partial charge in [-0.25, -0.2) is 0 Å². The molecule has 1 aromatic carbocycles. The van der Waals surface area contributed by atoms with E-state index in [1.807, 2.05) is 44.2 Å². The van der Waals surface area contributed by atoms with Gasteiger partial charge >= 0.3 is 0 Å². The molecule has 0 aliphatic heterocycles. The smallest absolute Gasteiger partial charge is 0.119 e. The Hall–Kier alpha value is -1.58. The zero-order valence-electron chi connectivity index (χ0n) is 11.6. The maximum absolute atomic E-state index is 9.69. The molecule has 0 aliphatic carbocycles. The Kier molecular flexibility index (Phi) is 6.93. The van der Waals surface area contributed by atoms with Crippen LogP contribution in [-0.4, -0.2) is 31.0 Å². The molecule has 0 aliphatic rings. The molecule has 0 amide bonds. The van der Waals surface area contributed by atoms with Crippen LogP contribution in [0.15, 0.2) is 42.5 Å². The third-order valence-electron chi connectivity index (χ3n) is 2.48. The summed E-state index contributed by atoms with van der Waals surface area (Å²) in [6.07, 6.45) is 3.13. The number of allylic oxidation sites excluding steroid dienone is 1. The van der Waals surface area contributed by atoms with Gasteiger partial charge in [0, 0.05) is 0 Å². The van der Waals surface area contributed by atoms with Crippen LogP contribution >= 0.6 is 0 Å². The second-order valence-corrected chi connectivity index (χ2v) is 4.56. The summed E-state index contributed by atoms with van der Waals surface area (Å²) < 4.78 is 10.8. The van der Waals surface area contributed by atoms with Gasteiger partial charge in [-0.2, -0.15) is 0 Å². The minimum Gasteiger partial charge on any atom is -0.491 e. The van der Waals surface area contributed by atoms with E-state index in [2.05, 4.69) is 6.58 Å². The molecule has 0 heterocycles. The zero-order valence-corrected chi connectivity index (χ0v) is 11.6. The van der Waals surface area contributed by atoms with Crippen LogP contribution in [0.2, 0.25) is 0 Å². The van der Waals surface area contributed by atoms with E-state index in [1.54, 1.807) is 6.08 Å². The van der Waals surface area contributed by atoms with Gasteiger partial charge in [0.1, 0.15) is 18.5 Å². The lowest BCUT2D eigenvalue weighted by molar-refractivity contribution is 0.0212. The lowest BCUT2D eigenvalue weighted by Gasteiger charge is -2.12. The minimum absolute atomic E-state index is 0.224. The van der Waals surface area contributed by atoms with Crippen molar-refractivity contribution in [1.29, 1.82) is 0 Å². The predicted octanol–water partition coefficient (Wildman–Crippen LogP) is 3.05. The lowest BCUT2D eigenvalue weighted by Crippen LogP contribution is -2.23. The Morgan fingerprint density at radius 1 is 1.26 bits per heavy atom. The molecule has 3 nitrogen and oxygen atoms in total. The topological polar surface area (TPSA) is 38.7 Å². The first-order chi connectivity index (χ1) is 9.11. The van der Waals surface area contributed by atoms with Crippen molar-refractivity contribution in [2.45, 2.75) is 20.0 Å². The molecule has 1 aromatic rings. The fraction of sp³-hybridized carbons (Fsp3) is 0.375. The van der Waals surface area contributed by atoms with Crippen molar-refractivity contribution in [3.05, 3.63) is 48.1 Å². The van der Waals surface area contributed by atoms with Crippen molar-refractivity contribution in [1.82, 2.24) is 0 Å². The fourth-order valence-corrected chi connectivity index (χ4v) is 1.37. The van der Waals surface area contributed by atoms with E-state index in [1.165, 1.54) is 5.57 Å².